The SMILES string of the molecule is COCC(=O)N(C)C[C@@H]1[C@@H](c2ccccc2)[C@H](CO)N1C(=O)Cc1ccncc1. The lowest BCUT2D eigenvalue weighted by Crippen LogP contribution is -2.69. The van der Waals surface area contributed by atoms with Gasteiger partial charge in [0.1, 0.15) is 6.61 Å². The Labute approximate surface area is 170 Å². The molecular weight excluding hydrogens is 370 g/mol. The lowest BCUT2D eigenvalue weighted by molar-refractivity contribution is -0.154. The fourth-order valence-electron chi connectivity index (χ4n) is 4.02. The summed E-state index contributed by atoms with van der Waals surface area (Å²) in [6.07, 6.45) is 3.54. The van der Waals surface area contributed by atoms with Crippen molar-refractivity contribution >= 4 is 11.8 Å². The molecule has 1 aromatic carbocycles. The van der Waals surface area contributed by atoms with Crippen LogP contribution in [0, 0.1) is 0 Å². The molecule has 0 spiro atoms. The van der Waals surface area contributed by atoms with E-state index in [0.29, 0.717) is 6.54 Å². The van der Waals surface area contributed by atoms with Gasteiger partial charge < -0.3 is 19.6 Å². The summed E-state index contributed by atoms with van der Waals surface area (Å²) < 4.78 is 4.95. The van der Waals surface area contributed by atoms with Crippen molar-refractivity contribution in [2.75, 3.05) is 33.9 Å². The number of likely N-dealkylation sites (tertiary alicyclic amines) is 1. The molecule has 2 aromatic rings. The van der Waals surface area contributed by atoms with E-state index in [1.165, 1.54) is 7.11 Å². The maximum atomic E-state index is 13.1. The van der Waals surface area contributed by atoms with Gasteiger partial charge >= 0.3 is 0 Å². The van der Waals surface area contributed by atoms with Gasteiger partial charge in [-0.15, -0.1) is 0 Å². The highest BCUT2D eigenvalue weighted by Crippen LogP contribution is 2.41. The molecule has 154 valence electrons. The first-order chi connectivity index (χ1) is 14.1. The highest BCUT2D eigenvalue weighted by Gasteiger charge is 2.51. The maximum Gasteiger partial charge on any atom is 0.248 e. The van der Waals surface area contributed by atoms with Crippen LogP contribution in [0.15, 0.2) is 54.9 Å². The van der Waals surface area contributed by atoms with Gasteiger partial charge in [0.25, 0.3) is 0 Å². The number of pyridine rings is 1. The number of likely N-dealkylation sites (N-methyl/N-ethyl adjacent to an activating group) is 1. The number of hydrogen-bond donors (Lipinski definition) is 1. The van der Waals surface area contributed by atoms with Crippen LogP contribution in [-0.4, -0.2) is 77.7 Å². The van der Waals surface area contributed by atoms with E-state index in [0.717, 1.165) is 11.1 Å². The summed E-state index contributed by atoms with van der Waals surface area (Å²) in [5, 5.41) is 10.0. The average Bonchev–Trinajstić information content (AvgIpc) is 2.72. The number of methoxy groups -OCH3 is 1. The molecule has 0 unspecified atom stereocenters. The summed E-state index contributed by atoms with van der Waals surface area (Å²) >= 11 is 0. The number of benzene rings is 1. The van der Waals surface area contributed by atoms with Crippen molar-refractivity contribution in [1.82, 2.24) is 14.8 Å². The van der Waals surface area contributed by atoms with Gasteiger partial charge in [-0.05, 0) is 23.3 Å². The topological polar surface area (TPSA) is 83.0 Å². The highest BCUT2D eigenvalue weighted by molar-refractivity contribution is 5.81. The predicted octanol–water partition coefficient (Wildman–Crippen LogP) is 1.08. The number of aliphatic hydroxyl groups is 1. The Morgan fingerprint density at radius 2 is 1.83 bits per heavy atom. The summed E-state index contributed by atoms with van der Waals surface area (Å²) in [4.78, 5) is 32.6. The second-order valence-electron chi connectivity index (χ2n) is 7.29. The monoisotopic (exact) mass is 397 g/mol. The van der Waals surface area contributed by atoms with Crippen LogP contribution in [0.2, 0.25) is 0 Å². The van der Waals surface area contributed by atoms with Crippen LogP contribution in [-0.2, 0) is 20.7 Å². The normalized spacial score (nSPS) is 20.8. The molecule has 0 radical (unpaired) electrons. The zero-order valence-corrected chi connectivity index (χ0v) is 16.8. The van der Waals surface area contributed by atoms with Crippen LogP contribution in [0.1, 0.15) is 17.0 Å². The zero-order valence-electron chi connectivity index (χ0n) is 16.8. The molecule has 1 aliphatic rings. The van der Waals surface area contributed by atoms with E-state index in [4.69, 9.17) is 4.74 Å². The van der Waals surface area contributed by atoms with Crippen LogP contribution in [0.3, 0.4) is 0 Å². The highest BCUT2D eigenvalue weighted by atomic mass is 16.5. The van der Waals surface area contributed by atoms with Crippen molar-refractivity contribution in [3.8, 4) is 0 Å². The average molecular weight is 397 g/mol. The maximum absolute atomic E-state index is 13.1. The minimum Gasteiger partial charge on any atom is -0.394 e. The van der Waals surface area contributed by atoms with Crippen molar-refractivity contribution < 1.29 is 19.4 Å². The summed E-state index contributed by atoms with van der Waals surface area (Å²) in [6, 6.07) is 12.9. The third kappa shape index (κ3) is 4.63. The number of amides is 2. The van der Waals surface area contributed by atoms with Crippen LogP contribution in [0.4, 0.5) is 0 Å². The van der Waals surface area contributed by atoms with E-state index in [9.17, 15) is 14.7 Å². The van der Waals surface area contributed by atoms with E-state index in [1.807, 2.05) is 42.5 Å². The molecule has 2 heterocycles. The minimum absolute atomic E-state index is 0.00634. The fraction of sp³-hybridized carbons (Fsp3) is 0.409. The third-order valence-electron chi connectivity index (χ3n) is 5.46. The summed E-state index contributed by atoms with van der Waals surface area (Å²) in [5.41, 5.74) is 1.92. The van der Waals surface area contributed by atoms with Gasteiger partial charge in [0.2, 0.25) is 11.8 Å². The van der Waals surface area contributed by atoms with E-state index in [1.54, 1.807) is 29.2 Å². The Morgan fingerprint density at radius 1 is 1.14 bits per heavy atom. The zero-order chi connectivity index (χ0) is 20.8. The molecule has 2 amide bonds. The van der Waals surface area contributed by atoms with Crippen LogP contribution in [0.5, 0.6) is 0 Å². The molecule has 3 rings (SSSR count). The molecule has 7 nitrogen and oxygen atoms in total. The van der Waals surface area contributed by atoms with Gasteiger partial charge in [0, 0.05) is 39.0 Å². The Balaban J connectivity index is 1.83. The van der Waals surface area contributed by atoms with Crippen LogP contribution < -0.4 is 0 Å². The van der Waals surface area contributed by atoms with Gasteiger partial charge in [-0.1, -0.05) is 30.3 Å². The summed E-state index contributed by atoms with van der Waals surface area (Å²) in [7, 11) is 3.19. The minimum atomic E-state index is -0.317. The van der Waals surface area contributed by atoms with Gasteiger partial charge in [-0.3, -0.25) is 14.6 Å². The quantitative estimate of drug-likeness (QED) is 0.721. The Morgan fingerprint density at radius 3 is 2.45 bits per heavy atom. The molecule has 3 atom stereocenters. The Hall–Kier alpha value is -2.77. The van der Waals surface area contributed by atoms with Crippen molar-refractivity contribution in [2.24, 2.45) is 0 Å². The molecule has 1 saturated heterocycles. The van der Waals surface area contributed by atoms with E-state index >= 15 is 0 Å². The first-order valence-electron chi connectivity index (χ1n) is 9.65. The molecule has 1 N–H and O–H groups in total. The Bertz CT molecular complexity index is 815. The smallest absolute Gasteiger partial charge is 0.248 e. The summed E-state index contributed by atoms with van der Waals surface area (Å²) in [6.45, 7) is 0.238. The fourth-order valence-corrected chi connectivity index (χ4v) is 4.02. The number of aliphatic hydroxyl groups excluding tert-OH is 1. The first-order valence-corrected chi connectivity index (χ1v) is 9.65. The molecule has 0 aliphatic carbocycles. The standard InChI is InChI=1S/C22H27N3O4/c1-24(21(28)15-29-2)13-18-22(17-6-4-3-5-7-17)19(14-26)25(18)20(27)12-16-8-10-23-11-9-16/h3-11,18-19,22,26H,12-15H2,1-2H3/t18-,19+,22-/m1/s1. The van der Waals surface area contributed by atoms with E-state index in [-0.39, 0.29) is 49.5 Å². The van der Waals surface area contributed by atoms with Crippen molar-refractivity contribution in [2.45, 2.75) is 24.4 Å². The van der Waals surface area contributed by atoms with E-state index < -0.39 is 0 Å². The van der Waals surface area contributed by atoms with Crippen molar-refractivity contribution in [3.63, 3.8) is 0 Å². The van der Waals surface area contributed by atoms with Gasteiger partial charge in [-0.2, -0.15) is 0 Å². The van der Waals surface area contributed by atoms with Crippen molar-refractivity contribution in [3.05, 3.63) is 66.0 Å². The van der Waals surface area contributed by atoms with Crippen LogP contribution >= 0.6 is 0 Å². The number of nitrogens with zero attached hydrogens (tertiary/aromatic N) is 3. The molecule has 29 heavy (non-hydrogen) atoms. The van der Waals surface area contributed by atoms with Crippen LogP contribution in [0.25, 0.3) is 0 Å². The number of carbonyl (C=O) groups excluding carboxylic acids is 2. The predicted molar refractivity (Wildman–Crippen MR) is 108 cm³/mol. The van der Waals surface area contributed by atoms with E-state index in [2.05, 4.69) is 4.98 Å². The second kappa shape index (κ2) is 9.62. The largest absolute Gasteiger partial charge is 0.394 e. The molecule has 7 heteroatoms. The first kappa shape index (κ1) is 21.0. The number of carbonyl (C=O) groups is 2. The molecule has 0 saturated carbocycles. The van der Waals surface area contributed by atoms with Gasteiger partial charge in [0.05, 0.1) is 25.1 Å². The molecule has 0 bridgehead atoms. The van der Waals surface area contributed by atoms with Gasteiger partial charge in [-0.25, -0.2) is 0 Å². The summed E-state index contributed by atoms with van der Waals surface area (Å²) in [5.74, 6) is -0.256. The number of rotatable bonds is 8. The Kier molecular flexibility index (Phi) is 6.95. The number of aromatic nitrogens is 1. The van der Waals surface area contributed by atoms with Crippen molar-refractivity contribution in [1.29, 1.82) is 0 Å². The molecular formula is C22H27N3O4. The lowest BCUT2D eigenvalue weighted by Gasteiger charge is -2.56. The number of hydrogen-bond acceptors (Lipinski definition) is 5. The lowest BCUT2D eigenvalue weighted by atomic mass is 9.74. The molecule has 1 aliphatic heterocycles. The molecule has 1 fully saturated rings. The molecule has 1 aromatic heterocycles. The van der Waals surface area contributed by atoms with Gasteiger partial charge in [0.15, 0.2) is 0 Å². The second-order valence-corrected chi connectivity index (χ2v) is 7.29. The number of ether oxygens (including phenoxy) is 1. The third-order valence-corrected chi connectivity index (χ3v) is 5.46.